The molecule has 0 spiro atoms. The Morgan fingerprint density at radius 2 is 1.43 bits per heavy atom. The molecular weight excluding hydrogens is 763 g/mol. The van der Waals surface area contributed by atoms with E-state index < -0.39 is 49.9 Å². The van der Waals surface area contributed by atoms with Crippen LogP contribution in [0.25, 0.3) is 0 Å². The van der Waals surface area contributed by atoms with Crippen LogP contribution in [-0.4, -0.2) is 92.4 Å². The molecule has 0 aliphatic carbocycles. The number of hydrogen-bond donors (Lipinski definition) is 1. The minimum atomic E-state index is -1.82. The van der Waals surface area contributed by atoms with Crippen LogP contribution < -0.4 is 20.7 Å². The molecule has 0 bridgehead atoms. The van der Waals surface area contributed by atoms with E-state index in [1.807, 2.05) is 107 Å². The fourth-order valence-electron chi connectivity index (χ4n) is 7.09. The maximum atomic E-state index is 13.5. The fourth-order valence-corrected chi connectivity index (χ4v) is 8.86. The Morgan fingerprint density at radius 3 is 1.97 bits per heavy atom. The zero-order chi connectivity index (χ0) is 41.8. The van der Waals surface area contributed by atoms with E-state index in [-0.39, 0.29) is 44.9 Å². The van der Waals surface area contributed by atoms with Gasteiger partial charge in [0.15, 0.2) is 6.23 Å². The van der Waals surface area contributed by atoms with Gasteiger partial charge in [-0.15, -0.1) is 0 Å². The van der Waals surface area contributed by atoms with E-state index in [2.05, 4.69) is 15.7 Å². The van der Waals surface area contributed by atoms with E-state index >= 15 is 0 Å². The molecule has 14 nitrogen and oxygen atoms in total. The van der Waals surface area contributed by atoms with Gasteiger partial charge in [-0.3, -0.25) is 14.3 Å². The van der Waals surface area contributed by atoms with Crippen molar-refractivity contribution in [2.45, 2.75) is 83.3 Å². The van der Waals surface area contributed by atoms with Crippen LogP contribution in [0, 0.1) is 18.3 Å². The van der Waals surface area contributed by atoms with Crippen molar-refractivity contribution in [3.63, 3.8) is 0 Å². The van der Waals surface area contributed by atoms with E-state index in [0.717, 1.165) is 16.7 Å². The highest BCUT2D eigenvalue weighted by Gasteiger charge is 2.51. The zero-order valence-corrected chi connectivity index (χ0v) is 35.3. The van der Waals surface area contributed by atoms with Crippen molar-refractivity contribution in [2.75, 3.05) is 47.8 Å². The van der Waals surface area contributed by atoms with Gasteiger partial charge in [0, 0.05) is 31.0 Å². The van der Waals surface area contributed by atoms with E-state index in [1.54, 1.807) is 28.3 Å². The quantitative estimate of drug-likeness (QED) is 0.0557. The Balaban J connectivity index is 1.69. The van der Waals surface area contributed by atoms with Crippen molar-refractivity contribution in [3.05, 3.63) is 128 Å². The highest BCUT2D eigenvalue weighted by molar-refractivity contribution is 7.44. The monoisotopic (exact) mass is 818 g/mol. The molecule has 5 unspecified atom stereocenters. The van der Waals surface area contributed by atoms with Gasteiger partial charge >= 0.3 is 5.69 Å². The lowest BCUT2D eigenvalue weighted by Crippen LogP contribution is -2.44. The summed E-state index contributed by atoms with van der Waals surface area (Å²) in [5.74, 6) is 1.36. The Hall–Kier alpha value is -4.42. The molecule has 2 heterocycles. The van der Waals surface area contributed by atoms with Crippen LogP contribution in [0.15, 0.2) is 94.6 Å². The second-order valence-corrected chi connectivity index (χ2v) is 15.7. The number of nitriles is 1. The van der Waals surface area contributed by atoms with E-state index in [1.165, 1.54) is 10.8 Å². The summed E-state index contributed by atoms with van der Waals surface area (Å²) in [6.45, 7) is 10.3. The normalized spacial score (nSPS) is 18.8. The van der Waals surface area contributed by atoms with Crippen LogP contribution in [-0.2, 0) is 33.6 Å². The third kappa shape index (κ3) is 10.2. The van der Waals surface area contributed by atoms with Crippen molar-refractivity contribution < 1.29 is 37.5 Å². The van der Waals surface area contributed by atoms with Crippen LogP contribution in [0.3, 0.4) is 0 Å². The molecule has 1 aromatic heterocycles. The Bertz CT molecular complexity index is 1980. The molecule has 5 rings (SSSR count). The molecule has 1 fully saturated rings. The molecule has 1 saturated heterocycles. The largest absolute Gasteiger partial charge is 0.497 e. The van der Waals surface area contributed by atoms with Gasteiger partial charge in [0.25, 0.3) is 14.1 Å². The molecule has 1 N–H and O–H groups in total. The predicted octanol–water partition coefficient (Wildman–Crippen LogP) is 6.46. The van der Waals surface area contributed by atoms with Gasteiger partial charge in [-0.05, 0) is 75.6 Å². The summed E-state index contributed by atoms with van der Waals surface area (Å²) in [5, 5.41) is 9.42. The molecule has 0 radical (unpaired) electrons. The zero-order valence-electron chi connectivity index (χ0n) is 34.5. The van der Waals surface area contributed by atoms with Crippen LogP contribution in [0.5, 0.6) is 11.5 Å². The van der Waals surface area contributed by atoms with Crippen LogP contribution in [0.2, 0.25) is 0 Å². The van der Waals surface area contributed by atoms with E-state index in [4.69, 9.17) is 37.5 Å². The van der Waals surface area contributed by atoms with Crippen LogP contribution in [0.4, 0.5) is 0 Å². The molecule has 0 amide bonds. The molecule has 5 atom stereocenters. The van der Waals surface area contributed by atoms with Gasteiger partial charge in [0.1, 0.15) is 35.4 Å². The number of aromatic amines is 1. The summed E-state index contributed by atoms with van der Waals surface area (Å²) in [6, 6.07) is 27.4. The number of nitrogens with zero attached hydrogens (tertiary/aromatic N) is 3. The number of aryl methyl sites for hydroxylation is 1. The number of hydrogen-bond acceptors (Lipinski definition) is 12. The van der Waals surface area contributed by atoms with E-state index in [0.29, 0.717) is 17.1 Å². The van der Waals surface area contributed by atoms with Gasteiger partial charge in [-0.25, -0.2) is 9.46 Å². The Kier molecular flexibility index (Phi) is 16.2. The Labute approximate surface area is 341 Å². The van der Waals surface area contributed by atoms with Crippen molar-refractivity contribution in [1.29, 1.82) is 5.26 Å². The third-order valence-electron chi connectivity index (χ3n) is 9.82. The van der Waals surface area contributed by atoms with Gasteiger partial charge in [0.05, 0.1) is 53.1 Å². The van der Waals surface area contributed by atoms with Gasteiger partial charge in [0.2, 0.25) is 0 Å². The number of ether oxygens (including phenoxy) is 6. The van der Waals surface area contributed by atoms with Crippen molar-refractivity contribution >= 4 is 8.53 Å². The number of nitrogens with one attached hydrogen (secondary N) is 1. The van der Waals surface area contributed by atoms with Gasteiger partial charge < -0.3 is 37.5 Å². The second-order valence-electron chi connectivity index (χ2n) is 14.3. The number of benzene rings is 3. The number of rotatable bonds is 21. The second kappa shape index (κ2) is 21.0. The Morgan fingerprint density at radius 1 is 0.845 bits per heavy atom. The number of H-pyrrole nitrogens is 1. The lowest BCUT2D eigenvalue weighted by Gasteiger charge is -2.39. The average molecular weight is 819 g/mol. The van der Waals surface area contributed by atoms with Crippen LogP contribution in [0.1, 0.15) is 62.6 Å². The molecule has 3 aromatic carbocycles. The average Bonchev–Trinajstić information content (AvgIpc) is 3.56. The lowest BCUT2D eigenvalue weighted by atomic mass is 9.80. The molecule has 58 heavy (non-hydrogen) atoms. The minimum Gasteiger partial charge on any atom is -0.497 e. The standard InChI is InChI=1S/C43H55N4O10P/c1-29(2)47(30(3)4)58(55-24-12-23-44)57-38-37(56-41(39(38)53-26-25-50-6)46-27-31(5)40(48)45-42(46)49)28-54-43(32-13-10-9-11-14-32,33-15-19-35(51-7)20-16-33)34-17-21-36(52-8)22-18-34/h9-11,13-22,27,29-30,37-39,41H,12,24-26,28H2,1-8H3,(H,45,48,49). The SMILES string of the molecule is COCCOC1C(OP(OCCC#N)N(C(C)C)C(C)C)C(COC(c2ccccc2)(c2ccc(OC)cc2)c2ccc(OC)cc2)OC1n1cc(C)c(=O)[nH]c1=O. The highest BCUT2D eigenvalue weighted by atomic mass is 31.2. The first-order chi connectivity index (χ1) is 28.0. The summed E-state index contributed by atoms with van der Waals surface area (Å²) < 4.78 is 54.0. The van der Waals surface area contributed by atoms with Gasteiger partial charge in [-0.1, -0.05) is 54.6 Å². The van der Waals surface area contributed by atoms with Crippen molar-refractivity contribution in [3.8, 4) is 17.6 Å². The summed E-state index contributed by atoms with van der Waals surface area (Å²) in [7, 11) is 2.98. The van der Waals surface area contributed by atoms with Gasteiger partial charge in [-0.2, -0.15) is 5.26 Å². The summed E-state index contributed by atoms with van der Waals surface area (Å²) >= 11 is 0. The molecule has 1 aliphatic heterocycles. The molecule has 312 valence electrons. The number of aromatic nitrogens is 2. The molecule has 4 aromatic rings. The molecular formula is C43H55N4O10P. The summed E-state index contributed by atoms with van der Waals surface area (Å²) in [6.07, 6.45) is -2.12. The smallest absolute Gasteiger partial charge is 0.330 e. The third-order valence-corrected chi connectivity index (χ3v) is 11.9. The first kappa shape index (κ1) is 44.7. The minimum absolute atomic E-state index is 0.00535. The lowest BCUT2D eigenvalue weighted by molar-refractivity contribution is -0.0991. The fraction of sp³-hybridized carbons (Fsp3) is 0.465. The predicted molar refractivity (Wildman–Crippen MR) is 220 cm³/mol. The first-order valence-corrected chi connectivity index (χ1v) is 20.4. The first-order valence-electron chi connectivity index (χ1n) is 19.3. The number of methoxy groups -OCH3 is 3. The molecule has 0 saturated carbocycles. The van der Waals surface area contributed by atoms with Crippen molar-refractivity contribution in [1.82, 2.24) is 14.2 Å². The maximum absolute atomic E-state index is 13.5. The molecule has 15 heteroatoms. The van der Waals surface area contributed by atoms with Crippen LogP contribution >= 0.6 is 8.53 Å². The maximum Gasteiger partial charge on any atom is 0.330 e. The summed E-state index contributed by atoms with van der Waals surface area (Å²) in [5.41, 5.74) is 0.384. The highest BCUT2D eigenvalue weighted by Crippen LogP contribution is 2.51. The molecule has 1 aliphatic rings. The van der Waals surface area contributed by atoms with Crippen molar-refractivity contribution in [2.24, 2.45) is 0 Å². The summed E-state index contributed by atoms with van der Waals surface area (Å²) in [4.78, 5) is 28.5. The van der Waals surface area contributed by atoms with E-state index in [9.17, 15) is 14.9 Å². The topological polar surface area (TPSA) is 156 Å².